The second kappa shape index (κ2) is 7.47. The lowest BCUT2D eigenvalue weighted by atomic mass is 9.95. The molecule has 24 heavy (non-hydrogen) atoms. The molecule has 3 rings (SSSR count). The molecule has 0 aliphatic heterocycles. The van der Waals surface area contributed by atoms with E-state index in [1.807, 2.05) is 36.4 Å². The van der Waals surface area contributed by atoms with Crippen molar-refractivity contribution < 1.29 is 0 Å². The second-order valence-electron chi connectivity index (χ2n) is 5.80. The third-order valence-corrected chi connectivity index (χ3v) is 3.96. The molecule has 0 aliphatic rings. The van der Waals surface area contributed by atoms with Crippen LogP contribution in [0.3, 0.4) is 0 Å². The van der Waals surface area contributed by atoms with Gasteiger partial charge in [-0.3, -0.25) is 0 Å². The molecule has 0 amide bonds. The van der Waals surface area contributed by atoms with Gasteiger partial charge in [0.2, 0.25) is 0 Å². The minimum Gasteiger partial charge on any atom is -0.398 e. The lowest BCUT2D eigenvalue weighted by Gasteiger charge is -2.11. The Morgan fingerprint density at radius 3 is 2.17 bits per heavy atom. The van der Waals surface area contributed by atoms with Crippen LogP contribution in [0.15, 0.2) is 91.0 Å². The zero-order valence-electron chi connectivity index (χ0n) is 13.8. The third kappa shape index (κ3) is 3.82. The highest BCUT2D eigenvalue weighted by molar-refractivity contribution is 5.86. The molecule has 0 unspecified atom stereocenters. The van der Waals surface area contributed by atoms with Gasteiger partial charge in [0.25, 0.3) is 0 Å². The van der Waals surface area contributed by atoms with Gasteiger partial charge in [0.15, 0.2) is 0 Å². The highest BCUT2D eigenvalue weighted by atomic mass is 14.6. The number of nitrogens with two attached hydrogens (primary N) is 1. The average Bonchev–Trinajstić information content (AvgIpc) is 2.62. The monoisotopic (exact) mass is 311 g/mol. The zero-order chi connectivity index (χ0) is 16.8. The summed E-state index contributed by atoms with van der Waals surface area (Å²) in [4.78, 5) is 0. The van der Waals surface area contributed by atoms with Crippen LogP contribution < -0.4 is 5.73 Å². The molecule has 1 heteroatoms. The molecular formula is C23H21N. The van der Waals surface area contributed by atoms with Gasteiger partial charge in [0.1, 0.15) is 0 Å². The Bertz CT molecular complexity index is 856. The number of rotatable bonds is 4. The van der Waals surface area contributed by atoms with E-state index in [1.165, 1.54) is 11.1 Å². The van der Waals surface area contributed by atoms with Crippen molar-refractivity contribution in [3.63, 3.8) is 0 Å². The van der Waals surface area contributed by atoms with Gasteiger partial charge in [-0.2, -0.15) is 0 Å². The quantitative estimate of drug-likeness (QED) is 0.484. The molecule has 0 aromatic heterocycles. The number of anilines is 1. The fourth-order valence-electron chi connectivity index (χ4n) is 2.64. The van der Waals surface area contributed by atoms with Crippen molar-refractivity contribution in [3.05, 3.63) is 113 Å². The lowest BCUT2D eigenvalue weighted by Crippen LogP contribution is -1.95. The van der Waals surface area contributed by atoms with E-state index in [4.69, 9.17) is 5.73 Å². The maximum Gasteiger partial charge on any atom is 0.0393 e. The van der Waals surface area contributed by atoms with Gasteiger partial charge >= 0.3 is 0 Å². The van der Waals surface area contributed by atoms with Crippen molar-refractivity contribution in [3.8, 4) is 0 Å². The smallest absolute Gasteiger partial charge is 0.0393 e. The van der Waals surface area contributed by atoms with Gasteiger partial charge in [-0.15, -0.1) is 0 Å². The predicted octanol–water partition coefficient (Wildman–Crippen LogP) is 5.72. The predicted molar refractivity (Wildman–Crippen MR) is 105 cm³/mol. The van der Waals surface area contributed by atoms with E-state index in [1.54, 1.807) is 0 Å². The fourth-order valence-corrected chi connectivity index (χ4v) is 2.64. The van der Waals surface area contributed by atoms with Gasteiger partial charge in [-0.25, -0.2) is 0 Å². The van der Waals surface area contributed by atoms with E-state index >= 15 is 0 Å². The minimum atomic E-state index is 0.789. The van der Waals surface area contributed by atoms with Crippen LogP contribution in [0.5, 0.6) is 0 Å². The number of hydrogen-bond donors (Lipinski definition) is 1. The number of benzene rings is 3. The number of nitrogen functional groups attached to an aromatic ring is 1. The molecule has 1 nitrogen and oxygen atoms in total. The third-order valence-electron chi connectivity index (χ3n) is 3.96. The van der Waals surface area contributed by atoms with Gasteiger partial charge in [0, 0.05) is 11.3 Å². The summed E-state index contributed by atoms with van der Waals surface area (Å²) in [5, 5.41) is 0. The van der Waals surface area contributed by atoms with Gasteiger partial charge in [-0.05, 0) is 29.7 Å². The molecule has 3 aromatic rings. The van der Waals surface area contributed by atoms with Crippen molar-refractivity contribution in [1.82, 2.24) is 0 Å². The van der Waals surface area contributed by atoms with E-state index in [-0.39, 0.29) is 0 Å². The number of hydrogen-bond acceptors (Lipinski definition) is 1. The SMILES string of the molecule is Cc1ccc(/C(=C/C=C/c2ccccc2)c2ccccc2N)cc1. The summed E-state index contributed by atoms with van der Waals surface area (Å²) >= 11 is 0. The van der Waals surface area contributed by atoms with Crippen LogP contribution in [-0.2, 0) is 0 Å². The summed E-state index contributed by atoms with van der Waals surface area (Å²) < 4.78 is 0. The molecule has 0 fully saturated rings. The Labute approximate surface area is 143 Å². The standard InChI is InChI=1S/C23H21N/c1-18-14-16-20(17-15-18)21(22-11-5-6-13-23(22)24)12-7-10-19-8-3-2-4-9-19/h2-17H,24H2,1H3/b10-7+,21-12-. The lowest BCUT2D eigenvalue weighted by molar-refractivity contribution is 1.44. The van der Waals surface area contributed by atoms with Crippen LogP contribution in [0.1, 0.15) is 22.3 Å². The molecule has 0 spiro atoms. The van der Waals surface area contributed by atoms with Crippen molar-refractivity contribution in [2.45, 2.75) is 6.92 Å². The van der Waals surface area contributed by atoms with Crippen LogP contribution in [0.25, 0.3) is 11.6 Å². The Morgan fingerprint density at radius 2 is 1.46 bits per heavy atom. The van der Waals surface area contributed by atoms with E-state index in [2.05, 4.69) is 67.6 Å². The first-order chi connectivity index (χ1) is 11.7. The first-order valence-electron chi connectivity index (χ1n) is 8.09. The summed E-state index contributed by atoms with van der Waals surface area (Å²) in [6.45, 7) is 2.10. The van der Waals surface area contributed by atoms with Crippen LogP contribution >= 0.6 is 0 Å². The molecular weight excluding hydrogens is 290 g/mol. The molecule has 0 heterocycles. The number of para-hydroxylation sites is 1. The first kappa shape index (κ1) is 15.8. The maximum absolute atomic E-state index is 6.21. The fraction of sp³-hybridized carbons (Fsp3) is 0.0435. The average molecular weight is 311 g/mol. The summed E-state index contributed by atoms with van der Waals surface area (Å²) in [6, 6.07) is 26.8. The molecule has 0 atom stereocenters. The van der Waals surface area contributed by atoms with E-state index in [9.17, 15) is 0 Å². The van der Waals surface area contributed by atoms with E-state index in [0.29, 0.717) is 0 Å². The van der Waals surface area contributed by atoms with Gasteiger partial charge < -0.3 is 5.73 Å². The van der Waals surface area contributed by atoms with Gasteiger partial charge in [-0.1, -0.05) is 96.6 Å². The second-order valence-corrected chi connectivity index (χ2v) is 5.80. The highest BCUT2D eigenvalue weighted by Gasteiger charge is 2.07. The minimum absolute atomic E-state index is 0.789. The van der Waals surface area contributed by atoms with Crippen LogP contribution in [0, 0.1) is 6.92 Å². The van der Waals surface area contributed by atoms with E-state index < -0.39 is 0 Å². The maximum atomic E-state index is 6.21. The summed E-state index contributed by atoms with van der Waals surface area (Å²) in [6.07, 6.45) is 6.31. The topological polar surface area (TPSA) is 26.0 Å². The summed E-state index contributed by atoms with van der Waals surface area (Å²) in [7, 11) is 0. The first-order valence-corrected chi connectivity index (χ1v) is 8.09. The Kier molecular flexibility index (Phi) is 4.93. The summed E-state index contributed by atoms with van der Waals surface area (Å²) in [5.41, 5.74) is 12.8. The highest BCUT2D eigenvalue weighted by Crippen LogP contribution is 2.28. The van der Waals surface area contributed by atoms with Crippen molar-refractivity contribution >= 4 is 17.3 Å². The molecule has 118 valence electrons. The zero-order valence-corrected chi connectivity index (χ0v) is 13.8. The molecule has 0 saturated heterocycles. The molecule has 0 bridgehead atoms. The molecule has 0 saturated carbocycles. The van der Waals surface area contributed by atoms with E-state index in [0.717, 1.165) is 22.4 Å². The normalized spacial score (nSPS) is 11.8. The van der Waals surface area contributed by atoms with Gasteiger partial charge in [0.05, 0.1) is 0 Å². The Hall–Kier alpha value is -3.06. The molecule has 0 aliphatic carbocycles. The molecule has 2 N–H and O–H groups in total. The van der Waals surface area contributed by atoms with Crippen molar-refractivity contribution in [2.24, 2.45) is 0 Å². The van der Waals surface area contributed by atoms with Crippen molar-refractivity contribution in [2.75, 3.05) is 5.73 Å². The van der Waals surface area contributed by atoms with Crippen LogP contribution in [0.2, 0.25) is 0 Å². The summed E-state index contributed by atoms with van der Waals surface area (Å²) in [5.74, 6) is 0. The number of aryl methyl sites for hydroxylation is 1. The van der Waals surface area contributed by atoms with Crippen LogP contribution in [0.4, 0.5) is 5.69 Å². The Morgan fingerprint density at radius 1 is 0.792 bits per heavy atom. The van der Waals surface area contributed by atoms with Crippen molar-refractivity contribution in [1.29, 1.82) is 0 Å². The molecule has 0 radical (unpaired) electrons. The molecule has 3 aromatic carbocycles. The Balaban J connectivity index is 2.02. The number of allylic oxidation sites excluding steroid dienone is 2. The van der Waals surface area contributed by atoms with Crippen LogP contribution in [-0.4, -0.2) is 0 Å². The largest absolute Gasteiger partial charge is 0.398 e.